The summed E-state index contributed by atoms with van der Waals surface area (Å²) < 4.78 is 0. The van der Waals surface area contributed by atoms with Crippen molar-refractivity contribution in [2.45, 2.75) is 20.3 Å². The van der Waals surface area contributed by atoms with Crippen molar-refractivity contribution in [2.24, 2.45) is 5.92 Å². The Balaban J connectivity index is 0.00000200. The van der Waals surface area contributed by atoms with Crippen LogP contribution in [0.1, 0.15) is 29.8 Å². The van der Waals surface area contributed by atoms with Crippen LogP contribution in [-0.2, 0) is 6.42 Å². The average molecular weight is 327 g/mol. The molecule has 4 heteroatoms. The molecule has 0 atom stereocenters. The lowest BCUT2D eigenvalue weighted by molar-refractivity contribution is 0.0695. The summed E-state index contributed by atoms with van der Waals surface area (Å²) in [4.78, 5) is 11.3. The van der Waals surface area contributed by atoms with Gasteiger partial charge in [0.2, 0.25) is 0 Å². The Kier molecular flexibility index (Phi) is 8.08. The number of carboxylic acids is 1. The Labute approximate surface area is 138 Å². The lowest BCUT2D eigenvalue weighted by Crippen LogP contribution is -2.05. The van der Waals surface area contributed by atoms with Gasteiger partial charge in [-0.2, -0.15) is 0 Å². The van der Waals surface area contributed by atoms with E-state index in [4.69, 9.17) is 0 Å². The first-order valence-corrected chi connectivity index (χ1v) is 6.49. The molecule has 1 N–H and O–H groups in total. The standard InChI is InChI=1S/C17H18O2.2ClH/c1-12(2)10-15-11-14(8-9-16(15)17(18)19)13-6-4-3-5-7-13;;/h3-9,11-12H,10H2,1-2H3,(H,18,19);2*1H. The van der Waals surface area contributed by atoms with Crippen molar-refractivity contribution in [1.82, 2.24) is 0 Å². The van der Waals surface area contributed by atoms with Crippen molar-refractivity contribution >= 4 is 30.8 Å². The van der Waals surface area contributed by atoms with Crippen LogP contribution in [0, 0.1) is 5.92 Å². The maximum Gasteiger partial charge on any atom is 0.335 e. The second-order valence-electron chi connectivity index (χ2n) is 5.14. The number of hydrogen-bond donors (Lipinski definition) is 1. The van der Waals surface area contributed by atoms with Gasteiger partial charge in [-0.25, -0.2) is 4.79 Å². The van der Waals surface area contributed by atoms with Crippen LogP contribution in [0.4, 0.5) is 0 Å². The van der Waals surface area contributed by atoms with Crippen LogP contribution in [0.5, 0.6) is 0 Å². The molecule has 2 nitrogen and oxygen atoms in total. The first-order chi connectivity index (χ1) is 9.08. The molecule has 2 aromatic rings. The molecule has 114 valence electrons. The van der Waals surface area contributed by atoms with Gasteiger partial charge in [0, 0.05) is 0 Å². The van der Waals surface area contributed by atoms with Crippen LogP contribution in [0.2, 0.25) is 0 Å². The highest BCUT2D eigenvalue weighted by molar-refractivity contribution is 5.90. The summed E-state index contributed by atoms with van der Waals surface area (Å²) in [6.45, 7) is 4.20. The highest BCUT2D eigenvalue weighted by Crippen LogP contribution is 2.24. The SMILES string of the molecule is CC(C)Cc1cc(-c2ccccc2)ccc1C(=O)O.Cl.Cl. The third kappa shape index (κ3) is 5.07. The summed E-state index contributed by atoms with van der Waals surface area (Å²) in [7, 11) is 0. The van der Waals surface area contributed by atoms with E-state index in [2.05, 4.69) is 13.8 Å². The third-order valence-electron chi connectivity index (χ3n) is 3.07. The number of hydrogen-bond acceptors (Lipinski definition) is 1. The topological polar surface area (TPSA) is 37.3 Å². The molecule has 21 heavy (non-hydrogen) atoms. The normalized spacial score (nSPS) is 9.67. The fourth-order valence-corrected chi connectivity index (χ4v) is 2.22. The van der Waals surface area contributed by atoms with Crippen molar-refractivity contribution < 1.29 is 9.90 Å². The van der Waals surface area contributed by atoms with E-state index in [1.54, 1.807) is 6.07 Å². The average Bonchev–Trinajstić information content (AvgIpc) is 2.38. The fourth-order valence-electron chi connectivity index (χ4n) is 2.22. The molecule has 0 saturated heterocycles. The van der Waals surface area contributed by atoms with Gasteiger partial charge in [0.05, 0.1) is 5.56 Å². The molecule has 0 saturated carbocycles. The number of carboxylic acid groups (broad SMARTS) is 1. The van der Waals surface area contributed by atoms with Gasteiger partial charge in [-0.15, -0.1) is 24.8 Å². The molecule has 0 aliphatic rings. The van der Waals surface area contributed by atoms with E-state index < -0.39 is 5.97 Å². The van der Waals surface area contributed by atoms with Crippen LogP contribution in [0.15, 0.2) is 48.5 Å². The van der Waals surface area contributed by atoms with E-state index in [0.29, 0.717) is 11.5 Å². The van der Waals surface area contributed by atoms with Crippen molar-refractivity contribution in [3.63, 3.8) is 0 Å². The molecule has 0 fully saturated rings. The van der Waals surface area contributed by atoms with Gasteiger partial charge in [0.25, 0.3) is 0 Å². The first-order valence-electron chi connectivity index (χ1n) is 6.49. The molecular formula is C17H20Cl2O2. The molecular weight excluding hydrogens is 307 g/mol. The molecule has 0 aliphatic carbocycles. The molecule has 0 heterocycles. The Hall–Kier alpha value is -1.51. The van der Waals surface area contributed by atoms with Gasteiger partial charge >= 0.3 is 5.97 Å². The molecule has 2 rings (SSSR count). The molecule has 0 bridgehead atoms. The number of aromatic carboxylic acids is 1. The molecule has 2 aromatic carbocycles. The maximum absolute atomic E-state index is 11.3. The van der Waals surface area contributed by atoms with Gasteiger partial charge < -0.3 is 5.11 Å². The minimum atomic E-state index is -0.852. The highest BCUT2D eigenvalue weighted by atomic mass is 35.5. The Morgan fingerprint density at radius 3 is 2.14 bits per heavy atom. The van der Waals surface area contributed by atoms with Crippen molar-refractivity contribution in [3.05, 3.63) is 59.7 Å². The van der Waals surface area contributed by atoms with Gasteiger partial charge in [-0.3, -0.25) is 0 Å². The van der Waals surface area contributed by atoms with Crippen LogP contribution in [0.25, 0.3) is 11.1 Å². The monoisotopic (exact) mass is 326 g/mol. The molecule has 0 aromatic heterocycles. The van der Waals surface area contributed by atoms with Gasteiger partial charge in [-0.05, 0) is 35.1 Å². The van der Waals surface area contributed by atoms with E-state index in [9.17, 15) is 9.90 Å². The van der Waals surface area contributed by atoms with Crippen molar-refractivity contribution in [1.29, 1.82) is 0 Å². The van der Waals surface area contributed by atoms with E-state index >= 15 is 0 Å². The summed E-state index contributed by atoms with van der Waals surface area (Å²) in [6, 6.07) is 15.6. The summed E-state index contributed by atoms with van der Waals surface area (Å²) in [5, 5.41) is 9.24. The molecule has 0 unspecified atom stereocenters. The smallest absolute Gasteiger partial charge is 0.335 e. The number of benzene rings is 2. The quantitative estimate of drug-likeness (QED) is 0.849. The zero-order chi connectivity index (χ0) is 13.8. The zero-order valence-corrected chi connectivity index (χ0v) is 13.7. The van der Waals surface area contributed by atoms with Crippen LogP contribution >= 0.6 is 24.8 Å². The number of rotatable bonds is 4. The van der Waals surface area contributed by atoms with Crippen molar-refractivity contribution in [3.8, 4) is 11.1 Å². The van der Waals surface area contributed by atoms with E-state index in [1.165, 1.54) is 0 Å². The number of halogens is 2. The maximum atomic E-state index is 11.3. The van der Waals surface area contributed by atoms with Crippen molar-refractivity contribution in [2.75, 3.05) is 0 Å². The lowest BCUT2D eigenvalue weighted by atomic mass is 9.94. The van der Waals surface area contributed by atoms with E-state index in [1.807, 2.05) is 42.5 Å². The summed E-state index contributed by atoms with van der Waals surface area (Å²) in [6.07, 6.45) is 0.780. The minimum absolute atomic E-state index is 0. The van der Waals surface area contributed by atoms with E-state index in [-0.39, 0.29) is 24.8 Å². The number of carbonyl (C=O) groups is 1. The summed E-state index contributed by atoms with van der Waals surface area (Å²) in [5.41, 5.74) is 3.50. The molecule has 0 spiro atoms. The molecule has 0 radical (unpaired) electrons. The summed E-state index contributed by atoms with van der Waals surface area (Å²) >= 11 is 0. The zero-order valence-electron chi connectivity index (χ0n) is 12.1. The third-order valence-corrected chi connectivity index (χ3v) is 3.07. The lowest BCUT2D eigenvalue weighted by Gasteiger charge is -2.11. The minimum Gasteiger partial charge on any atom is -0.478 e. The Morgan fingerprint density at radius 1 is 1.00 bits per heavy atom. The fraction of sp³-hybridized carbons (Fsp3) is 0.235. The second-order valence-corrected chi connectivity index (χ2v) is 5.14. The Morgan fingerprint density at radius 2 is 1.62 bits per heavy atom. The first kappa shape index (κ1) is 19.5. The van der Waals surface area contributed by atoms with E-state index in [0.717, 1.165) is 23.1 Å². The van der Waals surface area contributed by atoms with Crippen LogP contribution in [0.3, 0.4) is 0 Å². The predicted octanol–water partition coefficient (Wildman–Crippen LogP) is 5.09. The van der Waals surface area contributed by atoms with Gasteiger partial charge in [-0.1, -0.05) is 56.3 Å². The summed E-state index contributed by atoms with van der Waals surface area (Å²) in [5.74, 6) is -0.417. The second kappa shape index (κ2) is 8.71. The molecule has 0 amide bonds. The van der Waals surface area contributed by atoms with Crippen LogP contribution < -0.4 is 0 Å². The highest BCUT2D eigenvalue weighted by Gasteiger charge is 2.12. The Bertz CT molecular complexity index is 581. The molecule has 0 aliphatic heterocycles. The largest absolute Gasteiger partial charge is 0.478 e. The van der Waals surface area contributed by atoms with Gasteiger partial charge in [0.15, 0.2) is 0 Å². The predicted molar refractivity (Wildman–Crippen MR) is 91.9 cm³/mol. The van der Waals surface area contributed by atoms with Crippen LogP contribution in [-0.4, -0.2) is 11.1 Å². The van der Waals surface area contributed by atoms with Gasteiger partial charge in [0.1, 0.15) is 0 Å².